The summed E-state index contributed by atoms with van der Waals surface area (Å²) >= 11 is 3.27. The summed E-state index contributed by atoms with van der Waals surface area (Å²) in [6, 6.07) is 10.1. The lowest BCUT2D eigenvalue weighted by molar-refractivity contribution is -0.139. The molecule has 1 aliphatic heterocycles. The number of halogens is 1. The predicted molar refractivity (Wildman–Crippen MR) is 155 cm³/mol. The zero-order valence-electron chi connectivity index (χ0n) is 21.8. The van der Waals surface area contributed by atoms with Crippen LogP contribution in [0.25, 0.3) is 6.08 Å². The maximum Gasteiger partial charge on any atom is 0.338 e. The van der Waals surface area contributed by atoms with Gasteiger partial charge in [0, 0.05) is 0 Å². The van der Waals surface area contributed by atoms with Crippen molar-refractivity contribution < 1.29 is 24.1 Å². The number of hydrogen-bond donors (Lipinski definition) is 1. The molecule has 0 radical (unpaired) electrons. The molecule has 200 valence electrons. The van der Waals surface area contributed by atoms with E-state index in [4.69, 9.17) is 14.2 Å². The summed E-state index contributed by atoms with van der Waals surface area (Å²) in [6.07, 6.45) is 1.76. The van der Waals surface area contributed by atoms with E-state index in [1.807, 2.05) is 67.6 Å². The summed E-state index contributed by atoms with van der Waals surface area (Å²) in [7, 11) is 0. The average molecular weight is 649 g/mol. The van der Waals surface area contributed by atoms with E-state index in [0.717, 1.165) is 5.56 Å². The highest BCUT2D eigenvalue weighted by molar-refractivity contribution is 14.1. The number of benzene rings is 2. The maximum atomic E-state index is 13.8. The first kappa shape index (κ1) is 27.9. The number of esters is 1. The number of nitrogens with zero attached hydrogens (tertiary/aromatic N) is 2. The van der Waals surface area contributed by atoms with Gasteiger partial charge in [-0.05, 0) is 98.7 Å². The van der Waals surface area contributed by atoms with Crippen molar-refractivity contribution in [2.24, 2.45) is 4.99 Å². The molecule has 0 amide bonds. The van der Waals surface area contributed by atoms with Gasteiger partial charge in [-0.1, -0.05) is 23.5 Å². The minimum absolute atomic E-state index is 0.0157. The fraction of sp³-hybridized carbons (Fsp3) is 0.321. The van der Waals surface area contributed by atoms with E-state index in [0.29, 0.717) is 47.8 Å². The van der Waals surface area contributed by atoms with Gasteiger partial charge in [-0.15, -0.1) is 0 Å². The second kappa shape index (κ2) is 11.7. The number of aromatic nitrogens is 1. The Bertz CT molecular complexity index is 1570. The smallest absolute Gasteiger partial charge is 0.338 e. The van der Waals surface area contributed by atoms with E-state index < -0.39 is 12.0 Å². The van der Waals surface area contributed by atoms with Crippen LogP contribution in [-0.4, -0.2) is 35.0 Å². The Kier molecular flexibility index (Phi) is 8.61. The Balaban J connectivity index is 1.89. The normalized spacial score (nSPS) is 15.3. The lowest BCUT2D eigenvalue weighted by atomic mass is 9.96. The fourth-order valence-electron chi connectivity index (χ4n) is 4.20. The van der Waals surface area contributed by atoms with Gasteiger partial charge in [0.2, 0.25) is 0 Å². The molecule has 3 aromatic rings. The molecule has 0 aliphatic carbocycles. The predicted octanol–water partition coefficient (Wildman–Crippen LogP) is 4.29. The van der Waals surface area contributed by atoms with E-state index in [2.05, 4.69) is 4.99 Å². The van der Waals surface area contributed by atoms with Gasteiger partial charge in [0.25, 0.3) is 5.56 Å². The highest BCUT2D eigenvalue weighted by Crippen LogP contribution is 2.34. The zero-order valence-corrected chi connectivity index (χ0v) is 24.8. The first-order chi connectivity index (χ1) is 18.1. The Morgan fingerprint density at radius 2 is 1.92 bits per heavy atom. The van der Waals surface area contributed by atoms with Crippen LogP contribution in [0.4, 0.5) is 0 Å². The van der Waals surface area contributed by atoms with Gasteiger partial charge < -0.3 is 19.3 Å². The standard InChI is InChI=1S/C28H29IN2O6S/c1-6-35-21-13-17(12-20(29)25(21)32)14-22-26(33)31-24(18-8-10-19(11-9-18)37-15(3)4)23(27(34)36-7-2)16(5)30-28(31)38-22/h8-15,24,32H,6-7H2,1-5H3/b22-14-/t24-/m0/s1. The average Bonchev–Trinajstić information content (AvgIpc) is 3.16. The van der Waals surface area contributed by atoms with E-state index in [1.165, 1.54) is 11.3 Å². The number of phenols is 1. The largest absolute Gasteiger partial charge is 0.504 e. The Hall–Kier alpha value is -3.12. The van der Waals surface area contributed by atoms with E-state index in [9.17, 15) is 14.7 Å². The monoisotopic (exact) mass is 648 g/mol. The van der Waals surface area contributed by atoms with Crippen LogP contribution in [0, 0.1) is 3.57 Å². The first-order valence-electron chi connectivity index (χ1n) is 12.3. The van der Waals surface area contributed by atoms with Gasteiger partial charge in [-0.2, -0.15) is 0 Å². The Morgan fingerprint density at radius 1 is 1.21 bits per heavy atom. The van der Waals surface area contributed by atoms with Crippen LogP contribution >= 0.6 is 33.9 Å². The van der Waals surface area contributed by atoms with Crippen molar-refractivity contribution in [1.82, 2.24) is 4.57 Å². The summed E-state index contributed by atoms with van der Waals surface area (Å²) < 4.78 is 19.3. The number of fused-ring (bicyclic) bond motifs is 1. The van der Waals surface area contributed by atoms with Gasteiger partial charge in [-0.3, -0.25) is 9.36 Å². The van der Waals surface area contributed by atoms with Crippen LogP contribution in [0.3, 0.4) is 0 Å². The number of ether oxygens (including phenoxy) is 3. The van der Waals surface area contributed by atoms with Gasteiger partial charge in [0.05, 0.1) is 44.7 Å². The minimum Gasteiger partial charge on any atom is -0.504 e. The zero-order chi connectivity index (χ0) is 27.6. The molecule has 1 aromatic heterocycles. The first-order valence-corrected chi connectivity index (χ1v) is 14.2. The second-order valence-electron chi connectivity index (χ2n) is 8.82. The number of hydrogen-bond acceptors (Lipinski definition) is 8. The topological polar surface area (TPSA) is 99.4 Å². The third-order valence-corrected chi connectivity index (χ3v) is 7.54. The number of thiazole rings is 1. The molecule has 1 N–H and O–H groups in total. The van der Waals surface area contributed by atoms with Crippen molar-refractivity contribution in [3.05, 3.63) is 82.1 Å². The van der Waals surface area contributed by atoms with E-state index in [1.54, 1.807) is 36.6 Å². The summed E-state index contributed by atoms with van der Waals surface area (Å²) in [6.45, 7) is 9.82. The molecule has 0 fully saturated rings. The van der Waals surface area contributed by atoms with Gasteiger partial charge in [-0.25, -0.2) is 9.79 Å². The SMILES string of the molecule is CCOC(=O)C1=C(C)N=c2s/c(=C\c3cc(I)c(O)c(OCC)c3)c(=O)n2[C@H]1c1ccc(OC(C)C)cc1. The molecule has 0 saturated heterocycles. The fourth-order valence-corrected chi connectivity index (χ4v) is 5.87. The molecular formula is C28H29IN2O6S. The number of carbonyl (C=O) groups excluding carboxylic acids is 1. The van der Waals surface area contributed by atoms with Crippen molar-refractivity contribution in [2.75, 3.05) is 13.2 Å². The second-order valence-corrected chi connectivity index (χ2v) is 11.0. The number of aromatic hydroxyl groups is 1. The summed E-state index contributed by atoms with van der Waals surface area (Å²) in [5.74, 6) is 0.595. The number of allylic oxidation sites excluding steroid dienone is 1. The molecule has 0 spiro atoms. The molecule has 1 atom stereocenters. The van der Waals surface area contributed by atoms with Crippen LogP contribution in [-0.2, 0) is 9.53 Å². The maximum absolute atomic E-state index is 13.8. The molecule has 2 aromatic carbocycles. The highest BCUT2D eigenvalue weighted by atomic mass is 127. The van der Waals surface area contributed by atoms with Gasteiger partial charge >= 0.3 is 5.97 Å². The number of carbonyl (C=O) groups is 1. The highest BCUT2D eigenvalue weighted by Gasteiger charge is 2.33. The Morgan fingerprint density at radius 3 is 2.55 bits per heavy atom. The molecule has 1 aliphatic rings. The van der Waals surface area contributed by atoms with Crippen LogP contribution < -0.4 is 24.4 Å². The molecule has 0 saturated carbocycles. The number of phenolic OH excluding ortho intramolecular Hbond substituents is 1. The summed E-state index contributed by atoms with van der Waals surface area (Å²) in [5, 5.41) is 10.3. The molecule has 0 unspecified atom stereocenters. The lowest BCUT2D eigenvalue weighted by Gasteiger charge is -2.25. The van der Waals surface area contributed by atoms with Crippen LogP contribution in [0.1, 0.15) is 51.8 Å². The van der Waals surface area contributed by atoms with Crippen LogP contribution in [0.2, 0.25) is 0 Å². The van der Waals surface area contributed by atoms with Crippen molar-refractivity contribution in [1.29, 1.82) is 0 Å². The third kappa shape index (κ3) is 5.65. The quantitative estimate of drug-likeness (QED) is 0.289. The molecule has 8 nitrogen and oxygen atoms in total. The number of rotatable bonds is 8. The molecule has 2 heterocycles. The summed E-state index contributed by atoms with van der Waals surface area (Å²) in [5.41, 5.74) is 1.98. The van der Waals surface area contributed by atoms with Crippen molar-refractivity contribution in [3.8, 4) is 17.2 Å². The molecule has 4 rings (SSSR count). The van der Waals surface area contributed by atoms with Crippen molar-refractivity contribution in [3.63, 3.8) is 0 Å². The van der Waals surface area contributed by atoms with Crippen molar-refractivity contribution in [2.45, 2.75) is 46.8 Å². The molecule has 10 heteroatoms. The van der Waals surface area contributed by atoms with Crippen LogP contribution in [0.5, 0.6) is 17.2 Å². The summed E-state index contributed by atoms with van der Waals surface area (Å²) in [4.78, 5) is 32.0. The minimum atomic E-state index is -0.709. The lowest BCUT2D eigenvalue weighted by Crippen LogP contribution is -2.39. The van der Waals surface area contributed by atoms with E-state index in [-0.39, 0.29) is 24.0 Å². The van der Waals surface area contributed by atoms with E-state index >= 15 is 0 Å². The van der Waals surface area contributed by atoms with Gasteiger partial charge in [0.15, 0.2) is 16.3 Å². The van der Waals surface area contributed by atoms with Gasteiger partial charge in [0.1, 0.15) is 5.75 Å². The van der Waals surface area contributed by atoms with Crippen LogP contribution in [0.15, 0.2) is 57.5 Å². The molecule has 0 bridgehead atoms. The molecule has 38 heavy (non-hydrogen) atoms. The molecular weight excluding hydrogens is 619 g/mol. The Labute approximate surface area is 238 Å². The third-order valence-electron chi connectivity index (χ3n) is 5.73. The van der Waals surface area contributed by atoms with Crippen molar-refractivity contribution >= 4 is 46.0 Å².